The Labute approximate surface area is 119 Å². The Hall–Kier alpha value is -1.55. The molecule has 0 unspecified atom stereocenters. The zero-order valence-electron chi connectivity index (χ0n) is 11.9. The molecule has 4 heteroatoms. The number of hydrogen-bond donors (Lipinski definition) is 0. The third kappa shape index (κ3) is 2.96. The molecule has 0 aromatic heterocycles. The van der Waals surface area contributed by atoms with E-state index in [-0.39, 0.29) is 12.6 Å². The number of ether oxygens (including phenoxy) is 2. The van der Waals surface area contributed by atoms with Gasteiger partial charge in [0.05, 0.1) is 6.54 Å². The van der Waals surface area contributed by atoms with Gasteiger partial charge in [-0.15, -0.1) is 0 Å². The molecule has 1 aliphatic carbocycles. The van der Waals surface area contributed by atoms with Gasteiger partial charge in [0.15, 0.2) is 17.3 Å². The van der Waals surface area contributed by atoms with E-state index in [0.717, 1.165) is 18.2 Å². The standard InChI is InChI=1S/C16H21NO3/c1-17(9-12-4-2-3-5-12)10-14(18)13-6-7-15-16(8-13)20-11-19-15/h6-8,12H,2-5,9-11H2,1H3. The highest BCUT2D eigenvalue weighted by Crippen LogP contribution is 2.32. The van der Waals surface area contributed by atoms with E-state index in [1.54, 1.807) is 6.07 Å². The van der Waals surface area contributed by atoms with Crippen LogP contribution in [-0.2, 0) is 0 Å². The maximum atomic E-state index is 12.3. The minimum absolute atomic E-state index is 0.142. The van der Waals surface area contributed by atoms with Crippen molar-refractivity contribution in [1.29, 1.82) is 0 Å². The normalized spacial score (nSPS) is 17.9. The lowest BCUT2D eigenvalue weighted by atomic mass is 10.1. The first-order valence-corrected chi connectivity index (χ1v) is 7.34. The number of nitrogens with zero attached hydrogens (tertiary/aromatic N) is 1. The molecule has 108 valence electrons. The van der Waals surface area contributed by atoms with Gasteiger partial charge in [-0.25, -0.2) is 0 Å². The summed E-state index contributed by atoms with van der Waals surface area (Å²) >= 11 is 0. The molecule has 0 N–H and O–H groups in total. The topological polar surface area (TPSA) is 38.8 Å². The summed E-state index contributed by atoms with van der Waals surface area (Å²) in [5.41, 5.74) is 0.701. The number of rotatable bonds is 5. The highest BCUT2D eigenvalue weighted by atomic mass is 16.7. The van der Waals surface area contributed by atoms with Gasteiger partial charge < -0.3 is 9.47 Å². The highest BCUT2D eigenvalue weighted by Gasteiger charge is 2.20. The Kier molecular flexibility index (Phi) is 3.92. The molecule has 20 heavy (non-hydrogen) atoms. The monoisotopic (exact) mass is 275 g/mol. The van der Waals surface area contributed by atoms with Crippen LogP contribution in [0.4, 0.5) is 0 Å². The number of ketones is 1. The molecule has 0 radical (unpaired) electrons. The number of likely N-dealkylation sites (N-methyl/N-ethyl adjacent to an activating group) is 1. The smallest absolute Gasteiger partial charge is 0.231 e. The van der Waals surface area contributed by atoms with Gasteiger partial charge in [-0.3, -0.25) is 9.69 Å². The lowest BCUT2D eigenvalue weighted by Gasteiger charge is -2.19. The van der Waals surface area contributed by atoms with Crippen LogP contribution in [0.15, 0.2) is 18.2 Å². The summed E-state index contributed by atoms with van der Waals surface area (Å²) in [5.74, 6) is 2.31. The molecule has 0 spiro atoms. The van der Waals surface area contributed by atoms with Crippen molar-refractivity contribution < 1.29 is 14.3 Å². The van der Waals surface area contributed by atoms with Gasteiger partial charge in [-0.1, -0.05) is 12.8 Å². The Balaban J connectivity index is 1.58. The zero-order chi connectivity index (χ0) is 13.9. The number of carbonyl (C=O) groups excluding carboxylic acids is 1. The van der Waals surface area contributed by atoms with E-state index in [9.17, 15) is 4.79 Å². The molecule has 4 nitrogen and oxygen atoms in total. The van der Waals surface area contributed by atoms with Gasteiger partial charge in [0.1, 0.15) is 0 Å². The fourth-order valence-corrected chi connectivity index (χ4v) is 3.10. The maximum Gasteiger partial charge on any atom is 0.231 e. The van der Waals surface area contributed by atoms with Crippen LogP contribution in [-0.4, -0.2) is 37.6 Å². The van der Waals surface area contributed by atoms with Crippen molar-refractivity contribution in [3.63, 3.8) is 0 Å². The van der Waals surface area contributed by atoms with Crippen LogP contribution in [0, 0.1) is 5.92 Å². The van der Waals surface area contributed by atoms with Crippen molar-refractivity contribution in [3.8, 4) is 11.5 Å². The van der Waals surface area contributed by atoms with Gasteiger partial charge in [-0.05, 0) is 44.0 Å². The van der Waals surface area contributed by atoms with E-state index in [0.29, 0.717) is 17.9 Å². The minimum Gasteiger partial charge on any atom is -0.454 e. The molecule has 1 fully saturated rings. The molecule has 1 aromatic carbocycles. The second-order valence-corrected chi connectivity index (χ2v) is 5.84. The number of carbonyl (C=O) groups is 1. The van der Waals surface area contributed by atoms with E-state index in [1.807, 2.05) is 19.2 Å². The Morgan fingerprint density at radius 2 is 2.00 bits per heavy atom. The van der Waals surface area contributed by atoms with Gasteiger partial charge in [0, 0.05) is 12.1 Å². The van der Waals surface area contributed by atoms with Crippen molar-refractivity contribution in [1.82, 2.24) is 4.90 Å². The Morgan fingerprint density at radius 1 is 1.25 bits per heavy atom. The van der Waals surface area contributed by atoms with E-state index < -0.39 is 0 Å². The van der Waals surface area contributed by atoms with Crippen LogP contribution < -0.4 is 9.47 Å². The number of fused-ring (bicyclic) bond motifs is 1. The number of benzene rings is 1. The van der Waals surface area contributed by atoms with Crippen LogP contribution >= 0.6 is 0 Å². The summed E-state index contributed by atoms with van der Waals surface area (Å²) in [6, 6.07) is 5.42. The summed E-state index contributed by atoms with van der Waals surface area (Å²) in [7, 11) is 2.03. The molecule has 3 rings (SSSR count). The van der Waals surface area contributed by atoms with E-state index >= 15 is 0 Å². The molecular weight excluding hydrogens is 254 g/mol. The zero-order valence-corrected chi connectivity index (χ0v) is 11.9. The quantitative estimate of drug-likeness (QED) is 0.775. The van der Waals surface area contributed by atoms with Crippen molar-refractivity contribution in [2.45, 2.75) is 25.7 Å². The van der Waals surface area contributed by atoms with Crippen molar-refractivity contribution >= 4 is 5.78 Å². The van der Waals surface area contributed by atoms with Gasteiger partial charge in [0.25, 0.3) is 0 Å². The van der Waals surface area contributed by atoms with E-state index in [1.165, 1.54) is 25.7 Å². The summed E-state index contributed by atoms with van der Waals surface area (Å²) in [6.07, 6.45) is 5.30. The van der Waals surface area contributed by atoms with Crippen LogP contribution in [0.3, 0.4) is 0 Å². The highest BCUT2D eigenvalue weighted by molar-refractivity contribution is 5.98. The second kappa shape index (κ2) is 5.83. The van der Waals surface area contributed by atoms with E-state index in [4.69, 9.17) is 9.47 Å². The SMILES string of the molecule is CN(CC(=O)c1ccc2c(c1)OCO2)CC1CCCC1. The summed E-state index contributed by atoms with van der Waals surface area (Å²) in [4.78, 5) is 14.4. The fourth-order valence-electron chi connectivity index (χ4n) is 3.10. The molecule has 0 atom stereocenters. The molecule has 1 heterocycles. The van der Waals surface area contributed by atoms with E-state index in [2.05, 4.69) is 4.90 Å². The molecule has 0 amide bonds. The molecule has 0 saturated heterocycles. The molecule has 2 aliphatic rings. The van der Waals surface area contributed by atoms with Gasteiger partial charge in [-0.2, -0.15) is 0 Å². The molecule has 1 aliphatic heterocycles. The van der Waals surface area contributed by atoms with Crippen molar-refractivity contribution in [3.05, 3.63) is 23.8 Å². The average Bonchev–Trinajstić information content (AvgIpc) is 3.07. The molecule has 1 aromatic rings. The van der Waals surface area contributed by atoms with Crippen LogP contribution in [0.25, 0.3) is 0 Å². The number of Topliss-reactive ketones (excluding diaryl/α,β-unsaturated/α-hetero) is 1. The lowest BCUT2D eigenvalue weighted by molar-refractivity contribution is 0.0937. The summed E-state index contributed by atoms with van der Waals surface area (Å²) in [6.45, 7) is 1.74. The summed E-state index contributed by atoms with van der Waals surface area (Å²) < 4.78 is 10.6. The minimum atomic E-state index is 0.142. The van der Waals surface area contributed by atoms with Crippen molar-refractivity contribution in [2.75, 3.05) is 26.9 Å². The predicted molar refractivity (Wildman–Crippen MR) is 76.4 cm³/mol. The van der Waals surface area contributed by atoms with Gasteiger partial charge in [0.2, 0.25) is 6.79 Å². The first kappa shape index (κ1) is 13.4. The third-order valence-electron chi connectivity index (χ3n) is 4.15. The maximum absolute atomic E-state index is 12.3. The molecular formula is C16H21NO3. The second-order valence-electron chi connectivity index (χ2n) is 5.84. The lowest BCUT2D eigenvalue weighted by Crippen LogP contribution is -2.30. The molecule has 0 bridgehead atoms. The first-order chi connectivity index (χ1) is 9.72. The van der Waals surface area contributed by atoms with Gasteiger partial charge >= 0.3 is 0 Å². The largest absolute Gasteiger partial charge is 0.454 e. The van der Waals surface area contributed by atoms with Crippen LogP contribution in [0.2, 0.25) is 0 Å². The number of hydrogen-bond acceptors (Lipinski definition) is 4. The Morgan fingerprint density at radius 3 is 2.80 bits per heavy atom. The van der Waals surface area contributed by atoms with Crippen LogP contribution in [0.5, 0.6) is 11.5 Å². The van der Waals surface area contributed by atoms with Crippen molar-refractivity contribution in [2.24, 2.45) is 5.92 Å². The Bertz CT molecular complexity index is 494. The average molecular weight is 275 g/mol. The van der Waals surface area contributed by atoms with Crippen LogP contribution in [0.1, 0.15) is 36.0 Å². The first-order valence-electron chi connectivity index (χ1n) is 7.34. The molecule has 1 saturated carbocycles. The third-order valence-corrected chi connectivity index (χ3v) is 4.15. The fraction of sp³-hybridized carbons (Fsp3) is 0.562. The summed E-state index contributed by atoms with van der Waals surface area (Å²) in [5, 5.41) is 0. The predicted octanol–water partition coefficient (Wildman–Crippen LogP) is 2.72.